The Hall–Kier alpha value is -1.91. The van der Waals surface area contributed by atoms with Crippen molar-refractivity contribution in [3.05, 3.63) is 52.8 Å². The summed E-state index contributed by atoms with van der Waals surface area (Å²) in [7, 11) is -3.66. The number of ether oxygens (including phenoxy) is 2. The van der Waals surface area contributed by atoms with E-state index in [0.717, 1.165) is 5.69 Å². The number of rotatable bonds is 6. The van der Waals surface area contributed by atoms with Crippen LogP contribution in [0.1, 0.15) is 5.56 Å². The first kappa shape index (κ1) is 22.3. The molecule has 0 aromatic heterocycles. The van der Waals surface area contributed by atoms with Crippen molar-refractivity contribution in [2.45, 2.75) is 11.4 Å². The quantitative estimate of drug-likeness (QED) is 0.701. The highest BCUT2D eigenvalue weighted by molar-refractivity contribution is 7.89. The Labute approximate surface area is 186 Å². The molecule has 2 heterocycles. The van der Waals surface area contributed by atoms with Crippen LogP contribution < -0.4 is 10.2 Å². The number of nitrogens with one attached hydrogen (secondary N) is 1. The maximum atomic E-state index is 14.3. The van der Waals surface area contributed by atoms with E-state index in [2.05, 4.69) is 10.2 Å². The lowest BCUT2D eigenvalue weighted by atomic mass is 10.2. The van der Waals surface area contributed by atoms with Gasteiger partial charge in [0.2, 0.25) is 10.0 Å². The van der Waals surface area contributed by atoms with Crippen LogP contribution in [0.5, 0.6) is 0 Å². The molecule has 1 N–H and O–H groups in total. The summed E-state index contributed by atoms with van der Waals surface area (Å²) in [5.74, 6) is -0.412. The van der Waals surface area contributed by atoms with Crippen molar-refractivity contribution in [1.29, 1.82) is 0 Å². The molecule has 7 nitrogen and oxygen atoms in total. The van der Waals surface area contributed by atoms with Crippen LogP contribution in [-0.2, 0) is 26.0 Å². The summed E-state index contributed by atoms with van der Waals surface area (Å²) in [5, 5.41) is 3.53. The molecular formula is C21H25ClFN3O4S. The lowest BCUT2D eigenvalue weighted by molar-refractivity contribution is 0.0730. The number of morpholine rings is 2. The second-order valence-corrected chi connectivity index (χ2v) is 9.69. The third-order valence-corrected chi connectivity index (χ3v) is 7.69. The average molecular weight is 470 g/mol. The van der Waals surface area contributed by atoms with Gasteiger partial charge in [0, 0.05) is 43.3 Å². The van der Waals surface area contributed by atoms with Gasteiger partial charge in [-0.2, -0.15) is 4.31 Å². The first-order valence-electron chi connectivity index (χ1n) is 10.2. The van der Waals surface area contributed by atoms with Gasteiger partial charge >= 0.3 is 0 Å². The number of halogens is 2. The smallest absolute Gasteiger partial charge is 0.243 e. The standard InChI is InChI=1S/C21H25ClFN3O4S/c22-18-2-1-3-19(23)17(18)15-24-20-14-16(31(27,28)26-8-12-30-13-9-26)4-5-21(20)25-6-10-29-11-7-25/h1-5,14,24H,6-13,15H2. The number of benzene rings is 2. The Kier molecular flexibility index (Phi) is 6.98. The molecule has 31 heavy (non-hydrogen) atoms. The van der Waals surface area contributed by atoms with Crippen molar-refractivity contribution in [1.82, 2.24) is 4.31 Å². The molecule has 168 valence electrons. The fourth-order valence-corrected chi connectivity index (χ4v) is 5.38. The zero-order chi connectivity index (χ0) is 21.8. The number of anilines is 2. The van der Waals surface area contributed by atoms with E-state index in [4.69, 9.17) is 21.1 Å². The highest BCUT2D eigenvalue weighted by atomic mass is 35.5. The minimum atomic E-state index is -3.66. The van der Waals surface area contributed by atoms with E-state index in [1.54, 1.807) is 30.3 Å². The minimum absolute atomic E-state index is 0.129. The van der Waals surface area contributed by atoms with Crippen molar-refractivity contribution in [3.8, 4) is 0 Å². The molecule has 2 aromatic carbocycles. The van der Waals surface area contributed by atoms with E-state index in [1.807, 2.05) is 0 Å². The third kappa shape index (κ3) is 4.96. The fourth-order valence-electron chi connectivity index (χ4n) is 3.72. The molecule has 2 fully saturated rings. The van der Waals surface area contributed by atoms with Gasteiger partial charge in [0.05, 0.1) is 42.7 Å². The van der Waals surface area contributed by atoms with Crippen LogP contribution in [0.25, 0.3) is 0 Å². The average Bonchev–Trinajstić information content (AvgIpc) is 2.80. The molecule has 0 radical (unpaired) electrons. The van der Waals surface area contributed by atoms with Gasteiger partial charge in [0.15, 0.2) is 0 Å². The van der Waals surface area contributed by atoms with E-state index in [1.165, 1.54) is 10.4 Å². The first-order valence-corrected chi connectivity index (χ1v) is 12.0. The predicted molar refractivity (Wildman–Crippen MR) is 118 cm³/mol. The van der Waals surface area contributed by atoms with Gasteiger partial charge in [-0.1, -0.05) is 17.7 Å². The summed E-state index contributed by atoms with van der Waals surface area (Å²) < 4.78 is 52.7. The Balaban J connectivity index is 1.66. The zero-order valence-corrected chi connectivity index (χ0v) is 18.6. The van der Waals surface area contributed by atoms with Gasteiger partial charge in [0.25, 0.3) is 0 Å². The van der Waals surface area contributed by atoms with Crippen LogP contribution >= 0.6 is 11.6 Å². The summed E-state index contributed by atoms with van der Waals surface area (Å²) in [4.78, 5) is 2.31. The highest BCUT2D eigenvalue weighted by Crippen LogP contribution is 2.32. The first-order chi connectivity index (χ1) is 15.0. The molecule has 2 aliphatic rings. The summed E-state index contributed by atoms with van der Waals surface area (Å²) in [5.41, 5.74) is 1.78. The number of sulfonamides is 1. The van der Waals surface area contributed by atoms with Crippen molar-refractivity contribution >= 4 is 33.0 Å². The lowest BCUT2D eigenvalue weighted by Gasteiger charge is -2.31. The number of hydrogen-bond donors (Lipinski definition) is 1. The molecular weight excluding hydrogens is 445 g/mol. The third-order valence-electron chi connectivity index (χ3n) is 5.44. The van der Waals surface area contributed by atoms with E-state index in [9.17, 15) is 12.8 Å². The molecule has 0 atom stereocenters. The molecule has 4 rings (SSSR count). The van der Waals surface area contributed by atoms with Crippen molar-refractivity contribution in [3.63, 3.8) is 0 Å². The molecule has 0 saturated carbocycles. The van der Waals surface area contributed by atoms with Gasteiger partial charge < -0.3 is 19.7 Å². The Morgan fingerprint density at radius 2 is 1.68 bits per heavy atom. The van der Waals surface area contributed by atoms with Crippen molar-refractivity contribution < 1.29 is 22.3 Å². The predicted octanol–water partition coefficient (Wildman–Crippen LogP) is 2.95. The van der Waals surface area contributed by atoms with Crippen LogP contribution in [-0.4, -0.2) is 65.3 Å². The largest absolute Gasteiger partial charge is 0.379 e. The molecule has 2 aromatic rings. The molecule has 10 heteroatoms. The van der Waals surface area contributed by atoms with Crippen molar-refractivity contribution in [2.75, 3.05) is 62.8 Å². The molecule has 0 aliphatic carbocycles. The normalized spacial score (nSPS) is 18.2. The van der Waals surface area contributed by atoms with E-state index in [0.29, 0.717) is 68.9 Å². The van der Waals surface area contributed by atoms with E-state index in [-0.39, 0.29) is 11.4 Å². The van der Waals surface area contributed by atoms with Gasteiger partial charge in [-0.25, -0.2) is 12.8 Å². The Morgan fingerprint density at radius 3 is 2.35 bits per heavy atom. The number of hydrogen-bond acceptors (Lipinski definition) is 6. The Bertz CT molecular complexity index is 1010. The highest BCUT2D eigenvalue weighted by Gasteiger charge is 2.27. The van der Waals surface area contributed by atoms with Gasteiger partial charge in [-0.15, -0.1) is 0 Å². The van der Waals surface area contributed by atoms with Gasteiger partial charge in [-0.05, 0) is 30.3 Å². The van der Waals surface area contributed by atoms with Crippen LogP contribution in [0, 0.1) is 5.82 Å². The second kappa shape index (κ2) is 9.70. The van der Waals surface area contributed by atoms with E-state index >= 15 is 0 Å². The summed E-state index contributed by atoms with van der Waals surface area (Å²) in [6.07, 6.45) is 0. The molecule has 2 aliphatic heterocycles. The summed E-state index contributed by atoms with van der Waals surface area (Å²) in [6.45, 7) is 4.07. The van der Waals surface area contributed by atoms with Crippen LogP contribution in [0.3, 0.4) is 0 Å². The number of nitrogens with zero attached hydrogens (tertiary/aromatic N) is 2. The maximum Gasteiger partial charge on any atom is 0.243 e. The monoisotopic (exact) mass is 469 g/mol. The minimum Gasteiger partial charge on any atom is -0.379 e. The Morgan fingerprint density at radius 1 is 1.00 bits per heavy atom. The SMILES string of the molecule is O=S(=O)(c1ccc(N2CCOCC2)c(NCc2c(F)cccc2Cl)c1)N1CCOCC1. The molecule has 0 amide bonds. The fraction of sp³-hybridized carbons (Fsp3) is 0.429. The summed E-state index contributed by atoms with van der Waals surface area (Å²) in [6, 6.07) is 9.57. The molecule has 2 saturated heterocycles. The van der Waals surface area contributed by atoms with Crippen molar-refractivity contribution in [2.24, 2.45) is 0 Å². The topological polar surface area (TPSA) is 71.1 Å². The van der Waals surface area contributed by atoms with Crippen LogP contribution in [0.2, 0.25) is 5.02 Å². The molecule has 0 unspecified atom stereocenters. The van der Waals surface area contributed by atoms with Gasteiger partial charge in [0.1, 0.15) is 5.82 Å². The molecule has 0 bridgehead atoms. The summed E-state index contributed by atoms with van der Waals surface area (Å²) >= 11 is 6.17. The van der Waals surface area contributed by atoms with Gasteiger partial charge in [-0.3, -0.25) is 0 Å². The zero-order valence-electron chi connectivity index (χ0n) is 17.0. The van der Waals surface area contributed by atoms with E-state index < -0.39 is 15.8 Å². The maximum absolute atomic E-state index is 14.3. The lowest BCUT2D eigenvalue weighted by Crippen LogP contribution is -2.40. The van der Waals surface area contributed by atoms with Crippen LogP contribution in [0.4, 0.5) is 15.8 Å². The molecule has 0 spiro atoms. The van der Waals surface area contributed by atoms with Crippen LogP contribution in [0.15, 0.2) is 41.3 Å². The second-order valence-electron chi connectivity index (χ2n) is 7.35.